The van der Waals surface area contributed by atoms with Crippen molar-refractivity contribution in [3.63, 3.8) is 0 Å². The molecule has 5 fully saturated rings. The number of nitrogens with one attached hydrogen (secondary N) is 7. The second-order valence-corrected chi connectivity index (χ2v) is 51.0. The monoisotopic (exact) mass is 2050 g/mol. The normalized spacial score (nSPS) is 25.6. The number of rotatable bonds is 20. The van der Waals surface area contributed by atoms with Crippen molar-refractivity contribution in [2.75, 3.05) is 184 Å². The lowest BCUT2D eigenvalue weighted by molar-refractivity contribution is 0.0764. The molecule has 794 valence electrons. The number of likely N-dealkylation sites (N-methyl/N-ethyl adjacent to an activating group) is 5. The van der Waals surface area contributed by atoms with E-state index in [4.69, 9.17) is 34.4 Å². The van der Waals surface area contributed by atoms with Gasteiger partial charge in [-0.1, -0.05) is 103 Å². The first-order valence-electron chi connectivity index (χ1n) is 56.8. The van der Waals surface area contributed by atoms with Gasteiger partial charge in [0.2, 0.25) is 0 Å². The summed E-state index contributed by atoms with van der Waals surface area (Å²) in [6.07, 6.45) is 37.3. The molecule has 24 nitrogen and oxygen atoms in total. The first-order chi connectivity index (χ1) is 72.9. The summed E-state index contributed by atoms with van der Waals surface area (Å²) in [4.78, 5) is 43.8. The molecule has 0 bridgehead atoms. The minimum Gasteiger partial charge on any atom is -0.378 e. The van der Waals surface area contributed by atoms with Crippen LogP contribution in [-0.2, 0) is 125 Å². The Bertz CT molecular complexity index is 5880. The number of benzene rings is 5. The molecule has 5 aromatic heterocycles. The van der Waals surface area contributed by atoms with Gasteiger partial charge in [0.15, 0.2) is 0 Å². The van der Waals surface area contributed by atoms with E-state index in [1.807, 2.05) is 31.0 Å². The van der Waals surface area contributed by atoms with Crippen LogP contribution in [-0.4, -0.2) is 270 Å². The number of ether oxygens (including phenoxy) is 2. The van der Waals surface area contributed by atoms with Gasteiger partial charge in [-0.2, -0.15) is 0 Å². The third-order valence-electron chi connectivity index (χ3n) is 35.5. The first-order valence-corrected chi connectivity index (χ1v) is 60.9. The van der Waals surface area contributed by atoms with Gasteiger partial charge in [0, 0.05) is 219 Å². The molecular formula is C123H166N20O4S2. The first kappa shape index (κ1) is 105. The molecule has 7 N–H and O–H groups in total. The smallest absolute Gasteiger partial charge is 0.0662 e. The average Bonchev–Trinajstić information content (AvgIpc) is 0.778. The van der Waals surface area contributed by atoms with Gasteiger partial charge in [0.05, 0.1) is 97.2 Å². The Morgan fingerprint density at radius 3 is 0.819 bits per heavy atom. The van der Waals surface area contributed by atoms with Crippen molar-refractivity contribution in [1.29, 1.82) is 0 Å². The molecule has 0 amide bonds. The molecule has 25 rings (SSSR count). The Hall–Kier alpha value is -9.27. The summed E-state index contributed by atoms with van der Waals surface area (Å²) in [7, 11) is 7.60. The third-order valence-corrected chi connectivity index (χ3v) is 39.2. The van der Waals surface area contributed by atoms with E-state index in [0.717, 1.165) is 176 Å². The Morgan fingerprint density at radius 2 is 0.550 bits per heavy atom. The largest absolute Gasteiger partial charge is 0.378 e. The van der Waals surface area contributed by atoms with Crippen LogP contribution in [0.5, 0.6) is 0 Å². The summed E-state index contributed by atoms with van der Waals surface area (Å²) in [5.74, 6) is 10.7. The summed E-state index contributed by atoms with van der Waals surface area (Å²) < 4.78 is 36.1. The van der Waals surface area contributed by atoms with Gasteiger partial charge >= 0.3 is 0 Å². The van der Waals surface area contributed by atoms with E-state index in [0.29, 0.717) is 95.5 Å². The molecule has 12 atom stereocenters. The van der Waals surface area contributed by atoms with E-state index < -0.39 is 19.0 Å². The van der Waals surface area contributed by atoms with Gasteiger partial charge in [-0.15, -0.1) is 0 Å². The number of hydrogen-bond acceptors (Lipinski definition) is 24. The van der Waals surface area contributed by atoms with E-state index in [1.165, 1.54) is 250 Å². The molecule has 0 spiro atoms. The predicted molar refractivity (Wildman–Crippen MR) is 610 cm³/mol. The molecule has 2 unspecified atom stereocenters. The summed E-state index contributed by atoms with van der Waals surface area (Å²) in [5.41, 5.74) is 35.4. The molecule has 5 aromatic carbocycles. The lowest BCUT2D eigenvalue weighted by Gasteiger charge is -2.38. The maximum absolute atomic E-state index is 12.3. The quantitative estimate of drug-likeness (QED) is 0.0352. The van der Waals surface area contributed by atoms with E-state index in [-0.39, 0.29) is 0 Å². The van der Waals surface area contributed by atoms with Crippen LogP contribution >= 0.6 is 0 Å². The number of aromatic nitrogens is 5. The van der Waals surface area contributed by atoms with Crippen LogP contribution in [0, 0.1) is 0 Å². The summed E-state index contributed by atoms with van der Waals surface area (Å²) in [6.45, 7) is 20.8. The number of aryl methyl sites for hydroxylation is 5. The Balaban J connectivity index is 0.000000109. The van der Waals surface area contributed by atoms with Crippen molar-refractivity contribution in [2.45, 2.75) is 253 Å². The number of fused-ring (bicyclic) bond motifs is 10. The van der Waals surface area contributed by atoms with E-state index in [9.17, 15) is 8.42 Å². The zero-order valence-corrected chi connectivity index (χ0v) is 91.2. The number of morpholine rings is 2. The number of pyridine rings is 5. The van der Waals surface area contributed by atoms with Crippen LogP contribution in [0.25, 0.3) is 0 Å². The highest BCUT2D eigenvalue weighted by atomic mass is 32.2. The van der Waals surface area contributed by atoms with E-state index >= 15 is 0 Å². The number of hydrogen-bond donors (Lipinski definition) is 7. The van der Waals surface area contributed by atoms with Crippen LogP contribution < -0.4 is 51.9 Å². The maximum Gasteiger partial charge on any atom is 0.0662 e. The SMILES string of the molecule is C=S1(=O)CCN(c2cccc3c2C[C@@H](CN(C)[C@H]2CCCc4cccnc42)NC3)CC1.C=S1(=O)CCN(c2cccc3c2C[C@H](CN(C)[C@H]2CCCc4cccnc42)NC3)CC1.CN(C[C@@H]1Cc2c(cccc2C2COCCN2)CN1)[C@H]1CCCc2cccnc21.CN(C[C@@H]1Cc2c(cccc2N2CCCCC2)CN1)[C@H]1CCCc2cccnc21.CN(C[C@H]1Cc2c(cccc2C2COCCN2)CN1)[C@H]1CCCc2cccnc21. The zero-order chi connectivity index (χ0) is 102. The van der Waals surface area contributed by atoms with Gasteiger partial charge in [-0.25, -0.2) is 0 Å². The van der Waals surface area contributed by atoms with Crippen LogP contribution in [0.4, 0.5) is 17.1 Å². The zero-order valence-electron chi connectivity index (χ0n) is 89.6. The molecule has 10 aromatic rings. The minimum absolute atomic E-state index is 0.324. The Labute approximate surface area is 889 Å². The molecule has 0 radical (unpaired) electrons. The van der Waals surface area contributed by atoms with Crippen LogP contribution in [0.3, 0.4) is 0 Å². The van der Waals surface area contributed by atoms with E-state index in [1.54, 1.807) is 5.56 Å². The van der Waals surface area contributed by atoms with E-state index in [2.05, 4.69) is 275 Å². The van der Waals surface area contributed by atoms with Gasteiger partial charge < -0.3 is 61.4 Å². The highest BCUT2D eigenvalue weighted by molar-refractivity contribution is 8.00. The highest BCUT2D eigenvalue weighted by Crippen LogP contribution is 2.43. The molecule has 15 heterocycles. The molecular weight excluding hydrogens is 1890 g/mol. The average molecular weight is 2050 g/mol. The second-order valence-electron chi connectivity index (χ2n) is 45.5. The van der Waals surface area contributed by atoms with Gasteiger partial charge in [0.25, 0.3) is 0 Å². The van der Waals surface area contributed by atoms with Crippen molar-refractivity contribution >= 4 is 47.8 Å². The lowest BCUT2D eigenvalue weighted by Crippen LogP contribution is -2.46. The topological polar surface area (TPSA) is 227 Å². The fourth-order valence-electron chi connectivity index (χ4n) is 27.4. The fraction of sp³-hybridized carbons (Fsp3) is 0.537. The molecule has 149 heavy (non-hydrogen) atoms. The van der Waals surface area contributed by atoms with Crippen molar-refractivity contribution in [3.8, 4) is 0 Å². The van der Waals surface area contributed by atoms with Crippen molar-refractivity contribution < 1.29 is 17.9 Å². The molecule has 5 aliphatic carbocycles. The van der Waals surface area contributed by atoms with Crippen LogP contribution in [0.2, 0.25) is 0 Å². The maximum atomic E-state index is 12.3. The molecule has 15 aliphatic rings. The standard InChI is InChI=1S/2C25H34N4OS.C25H34N4.2C24H32N4O/c2*1-28(24-10-3-6-19-8-5-11-26-25(19)24)18-21-16-22-20(17-27-21)7-4-9-23(22)29-12-14-31(2,30)15-13-29;1-28(24-12-5-8-19-10-7-13-26-25(19)24)18-21-16-22-20(17-27-21)9-6-11-23(22)29-14-3-2-4-15-29;2*1-28(23-9-3-5-17-7-4-10-26-24(17)23)15-19-13-21-18(14-27-19)6-2-8-20(21)22-16-29-12-11-25-22/h2*4-5,7-9,11,21,24,27H,2-3,6,10,12-18H2,1H3;6-7,9-11,13,21,24,27H,2-5,8,12,14-18H2,1H3;2*2,4,6-8,10,19,22-23,25,27H,3,5,9,11-16H2,1H3/t21-,24+;2*21-,24-;19-,22?,23+;19-,22?,23-/m10010/s1. The lowest BCUT2D eigenvalue weighted by atomic mass is 9.87. The summed E-state index contributed by atoms with van der Waals surface area (Å²) in [6, 6.07) is 60.5. The third kappa shape index (κ3) is 25.5. The fourth-order valence-corrected chi connectivity index (χ4v) is 30.0. The predicted octanol–water partition coefficient (Wildman–Crippen LogP) is 14.9. The second kappa shape index (κ2) is 49.4. The minimum atomic E-state index is -1.88. The van der Waals surface area contributed by atoms with Crippen molar-refractivity contribution in [1.82, 2.24) is 86.6 Å². The highest BCUT2D eigenvalue weighted by Gasteiger charge is 2.39. The number of piperidine rings is 1. The van der Waals surface area contributed by atoms with Crippen molar-refractivity contribution in [2.24, 2.45) is 0 Å². The van der Waals surface area contributed by atoms with Gasteiger partial charge in [0.1, 0.15) is 0 Å². The van der Waals surface area contributed by atoms with Gasteiger partial charge in [-0.05, 0) is 357 Å². The van der Waals surface area contributed by atoms with Crippen LogP contribution in [0.1, 0.15) is 249 Å². The Morgan fingerprint density at radius 1 is 0.302 bits per heavy atom. The van der Waals surface area contributed by atoms with Gasteiger partial charge in [-0.3, -0.25) is 57.8 Å². The Kier molecular flexibility index (Phi) is 35.0. The molecule has 26 heteroatoms. The summed E-state index contributed by atoms with van der Waals surface area (Å²) >= 11 is 0. The number of anilines is 3. The summed E-state index contributed by atoms with van der Waals surface area (Å²) in [5, 5.41) is 26.2. The number of nitrogens with zero attached hydrogens (tertiary/aromatic N) is 13. The van der Waals surface area contributed by atoms with Crippen molar-refractivity contribution in [3.05, 3.63) is 306 Å². The molecule has 0 saturated carbocycles. The van der Waals surface area contributed by atoms with Crippen LogP contribution in [0.15, 0.2) is 183 Å². The molecule has 5 saturated heterocycles. The molecule has 10 aliphatic heterocycles.